The molecule has 168 valence electrons. The van der Waals surface area contributed by atoms with Gasteiger partial charge in [-0.15, -0.1) is 0 Å². The summed E-state index contributed by atoms with van der Waals surface area (Å²) in [6.45, 7) is 4.26. The topological polar surface area (TPSA) is 114 Å². The van der Waals surface area contributed by atoms with E-state index in [0.717, 1.165) is 23.1 Å². The minimum Gasteiger partial charge on any atom is -0.458 e. The first kappa shape index (κ1) is 19.9. The van der Waals surface area contributed by atoms with Crippen LogP contribution in [0, 0.1) is 0 Å². The Hall–Kier alpha value is -3.72. The lowest BCUT2D eigenvalue weighted by Gasteiger charge is -2.31. The Morgan fingerprint density at radius 3 is 2.79 bits per heavy atom. The number of anilines is 2. The number of fused-ring (bicyclic) bond motifs is 5. The van der Waals surface area contributed by atoms with Gasteiger partial charge in [-0.3, -0.25) is 9.69 Å². The molecule has 3 aliphatic heterocycles. The number of pyridine rings is 2. The van der Waals surface area contributed by atoms with E-state index in [1.165, 1.54) is 0 Å². The van der Waals surface area contributed by atoms with Crippen molar-refractivity contribution in [1.82, 2.24) is 9.55 Å². The zero-order chi connectivity index (χ0) is 23.1. The summed E-state index contributed by atoms with van der Waals surface area (Å²) in [5.74, 6) is -0.753. The molecule has 5 heterocycles. The summed E-state index contributed by atoms with van der Waals surface area (Å²) in [5, 5.41) is 14.9. The molecule has 0 aliphatic carbocycles. The van der Waals surface area contributed by atoms with E-state index in [0.29, 0.717) is 29.1 Å². The monoisotopic (exact) mass is 446 g/mol. The van der Waals surface area contributed by atoms with Crippen LogP contribution in [0.15, 0.2) is 29.1 Å². The molecule has 6 rings (SSSR count). The first-order valence-electron chi connectivity index (χ1n) is 11.1. The van der Waals surface area contributed by atoms with Crippen LogP contribution >= 0.6 is 0 Å². The zero-order valence-electron chi connectivity index (χ0n) is 18.3. The van der Waals surface area contributed by atoms with Crippen LogP contribution in [0.4, 0.5) is 16.2 Å². The van der Waals surface area contributed by atoms with E-state index < -0.39 is 11.6 Å². The lowest BCUT2D eigenvalue weighted by atomic mass is 9.86. The van der Waals surface area contributed by atoms with Crippen LogP contribution in [0.2, 0.25) is 0 Å². The number of nitrogens with one attached hydrogen (secondary N) is 1. The van der Waals surface area contributed by atoms with Crippen molar-refractivity contribution in [3.05, 3.63) is 51.3 Å². The van der Waals surface area contributed by atoms with E-state index in [-0.39, 0.29) is 42.3 Å². The molecule has 3 aliphatic rings. The SMILES string of the molecule is CCCN1C(=O)Nc2cccc3nc4c(c1c23)Cn1c-4cc2c(c1=O)COC(=O)C2(O)CC. The number of esters is 1. The van der Waals surface area contributed by atoms with Gasteiger partial charge in [0.2, 0.25) is 0 Å². The van der Waals surface area contributed by atoms with E-state index in [4.69, 9.17) is 9.72 Å². The average molecular weight is 446 g/mol. The van der Waals surface area contributed by atoms with Gasteiger partial charge in [0.1, 0.15) is 6.61 Å². The summed E-state index contributed by atoms with van der Waals surface area (Å²) in [5.41, 5.74) is 2.40. The summed E-state index contributed by atoms with van der Waals surface area (Å²) in [4.78, 5) is 45.4. The highest BCUT2D eigenvalue weighted by atomic mass is 16.6. The highest BCUT2D eigenvalue weighted by molar-refractivity contribution is 6.19. The fourth-order valence-electron chi connectivity index (χ4n) is 5.23. The van der Waals surface area contributed by atoms with E-state index in [2.05, 4.69) is 5.32 Å². The van der Waals surface area contributed by atoms with Crippen molar-refractivity contribution < 1.29 is 19.4 Å². The Bertz CT molecular complexity index is 1460. The number of aromatic nitrogens is 2. The molecule has 1 aromatic carbocycles. The van der Waals surface area contributed by atoms with E-state index in [1.54, 1.807) is 22.5 Å². The number of cyclic esters (lactones) is 1. The number of hydrogen-bond donors (Lipinski definition) is 2. The molecule has 1 unspecified atom stereocenters. The summed E-state index contributed by atoms with van der Waals surface area (Å²) in [6.07, 6.45) is 0.844. The molecule has 0 fully saturated rings. The van der Waals surface area contributed by atoms with Gasteiger partial charge in [0, 0.05) is 23.1 Å². The molecule has 0 spiro atoms. The lowest BCUT2D eigenvalue weighted by molar-refractivity contribution is -0.172. The van der Waals surface area contributed by atoms with Crippen LogP contribution in [0.3, 0.4) is 0 Å². The van der Waals surface area contributed by atoms with E-state index in [1.807, 2.05) is 25.1 Å². The second-order valence-electron chi connectivity index (χ2n) is 8.67. The van der Waals surface area contributed by atoms with Crippen LogP contribution in [-0.2, 0) is 28.3 Å². The van der Waals surface area contributed by atoms with Crippen molar-refractivity contribution in [2.24, 2.45) is 0 Å². The molecule has 0 saturated carbocycles. The molecule has 33 heavy (non-hydrogen) atoms. The summed E-state index contributed by atoms with van der Waals surface area (Å²) in [6, 6.07) is 7.03. The van der Waals surface area contributed by atoms with Crippen LogP contribution in [0.25, 0.3) is 22.3 Å². The normalized spacial score (nSPS) is 20.3. The number of amides is 2. The maximum absolute atomic E-state index is 13.5. The van der Waals surface area contributed by atoms with Gasteiger partial charge in [0.25, 0.3) is 5.56 Å². The number of rotatable bonds is 3. The van der Waals surface area contributed by atoms with Gasteiger partial charge in [0.05, 0.1) is 40.4 Å². The number of carbonyl (C=O) groups excluding carboxylic acids is 2. The molecule has 9 nitrogen and oxygen atoms in total. The van der Waals surface area contributed by atoms with Gasteiger partial charge in [-0.1, -0.05) is 19.9 Å². The first-order chi connectivity index (χ1) is 15.9. The maximum Gasteiger partial charge on any atom is 0.343 e. The standard InChI is InChI=1S/C24H22N4O5/c1-3-8-27-20-12-10-28-17(9-14-13(21(28)29)11-33-22(30)24(14,32)4-2)19(12)25-15-6-5-7-16(18(15)20)26-23(27)31/h5-7,9,32H,3-4,8,10-11H2,1-2H3,(H,26,31). The van der Waals surface area contributed by atoms with E-state index >= 15 is 0 Å². The molecule has 0 radical (unpaired) electrons. The van der Waals surface area contributed by atoms with Gasteiger partial charge in [-0.25, -0.2) is 14.6 Å². The predicted octanol–water partition coefficient (Wildman–Crippen LogP) is 2.84. The van der Waals surface area contributed by atoms with Crippen LogP contribution < -0.4 is 15.8 Å². The molecule has 0 bridgehead atoms. The van der Waals surface area contributed by atoms with Crippen molar-refractivity contribution in [2.75, 3.05) is 16.8 Å². The number of nitrogens with zero attached hydrogens (tertiary/aromatic N) is 3. The maximum atomic E-state index is 13.5. The Labute approximate surface area is 188 Å². The van der Waals surface area contributed by atoms with Gasteiger partial charge in [-0.05, 0) is 31.0 Å². The van der Waals surface area contributed by atoms with Crippen molar-refractivity contribution in [3.8, 4) is 11.4 Å². The molecular formula is C24H22N4O5. The zero-order valence-corrected chi connectivity index (χ0v) is 18.3. The van der Waals surface area contributed by atoms with E-state index in [9.17, 15) is 19.5 Å². The number of benzene rings is 1. The second-order valence-corrected chi connectivity index (χ2v) is 8.67. The Balaban J connectivity index is 1.68. The van der Waals surface area contributed by atoms with Gasteiger partial charge in [-0.2, -0.15) is 0 Å². The minimum absolute atomic E-state index is 0.0821. The highest BCUT2D eigenvalue weighted by Gasteiger charge is 2.46. The van der Waals surface area contributed by atoms with Crippen LogP contribution in [-0.4, -0.2) is 33.2 Å². The molecule has 3 aromatic rings. The Morgan fingerprint density at radius 2 is 2.03 bits per heavy atom. The third kappa shape index (κ3) is 2.45. The largest absolute Gasteiger partial charge is 0.458 e. The quantitative estimate of drug-likeness (QED) is 0.468. The van der Waals surface area contributed by atoms with Crippen molar-refractivity contribution in [1.29, 1.82) is 0 Å². The van der Waals surface area contributed by atoms with Gasteiger partial charge >= 0.3 is 12.0 Å². The summed E-state index contributed by atoms with van der Waals surface area (Å²) >= 11 is 0. The van der Waals surface area contributed by atoms with Gasteiger partial charge in [0.15, 0.2) is 5.60 Å². The molecule has 2 N–H and O–H groups in total. The number of aliphatic hydroxyl groups is 1. The highest BCUT2D eigenvalue weighted by Crippen LogP contribution is 2.46. The number of hydrogen-bond acceptors (Lipinski definition) is 6. The number of carbonyl (C=O) groups is 2. The predicted molar refractivity (Wildman–Crippen MR) is 121 cm³/mol. The fraction of sp³-hybridized carbons (Fsp3) is 0.333. The minimum atomic E-state index is -1.88. The first-order valence-corrected chi connectivity index (χ1v) is 11.1. The smallest absolute Gasteiger partial charge is 0.343 e. The molecular weight excluding hydrogens is 424 g/mol. The lowest BCUT2D eigenvalue weighted by Crippen LogP contribution is -2.44. The average Bonchev–Trinajstić information content (AvgIpc) is 3.18. The number of ether oxygens (including phenoxy) is 1. The third-order valence-corrected chi connectivity index (χ3v) is 6.89. The molecule has 1 atom stereocenters. The molecule has 2 aromatic heterocycles. The van der Waals surface area contributed by atoms with Crippen LogP contribution in [0.1, 0.15) is 43.4 Å². The Kier molecular flexibility index (Phi) is 4.01. The number of urea groups is 1. The fourth-order valence-corrected chi connectivity index (χ4v) is 5.23. The summed E-state index contributed by atoms with van der Waals surface area (Å²) in [7, 11) is 0. The van der Waals surface area contributed by atoms with Crippen molar-refractivity contribution >= 4 is 34.3 Å². The van der Waals surface area contributed by atoms with Crippen molar-refractivity contribution in [2.45, 2.75) is 45.4 Å². The molecule has 0 saturated heterocycles. The summed E-state index contributed by atoms with van der Waals surface area (Å²) < 4.78 is 6.74. The van der Waals surface area contributed by atoms with Gasteiger partial charge < -0.3 is 19.7 Å². The second kappa shape index (κ2) is 6.64. The molecule has 9 heteroatoms. The third-order valence-electron chi connectivity index (χ3n) is 6.89. The molecule has 2 amide bonds. The van der Waals surface area contributed by atoms with Crippen LogP contribution in [0.5, 0.6) is 0 Å². The Morgan fingerprint density at radius 1 is 1.21 bits per heavy atom. The van der Waals surface area contributed by atoms with Crippen molar-refractivity contribution in [3.63, 3.8) is 0 Å².